The molecule has 4 nitrogen and oxygen atoms in total. The topological polar surface area (TPSA) is 45.2 Å². The average Bonchev–Trinajstić information content (AvgIpc) is 2.63. The smallest absolute Gasteiger partial charge is 0.230 e. The van der Waals surface area contributed by atoms with Crippen molar-refractivity contribution in [2.75, 3.05) is 19.6 Å². The number of amides is 1. The van der Waals surface area contributed by atoms with Crippen molar-refractivity contribution in [3.05, 3.63) is 65.5 Å². The number of halogens is 2. The van der Waals surface area contributed by atoms with E-state index < -0.39 is 17.6 Å². The van der Waals surface area contributed by atoms with Gasteiger partial charge in [0.15, 0.2) is 11.6 Å². The van der Waals surface area contributed by atoms with Gasteiger partial charge in [0, 0.05) is 32.0 Å². The van der Waals surface area contributed by atoms with Gasteiger partial charge in [0.1, 0.15) is 0 Å². The Morgan fingerprint density at radius 3 is 2.88 bits per heavy atom. The standard InChI is InChI=1S/C18H19F2N3O/c1-12(13-4-5-15(19)16(20)9-13)18(24)23-8-7-22-11-17(23)14-3-2-6-21-10-14/h2-6,9-10,12,17,22H,7-8,11H2,1H3. The fourth-order valence-electron chi connectivity index (χ4n) is 3.01. The molecule has 1 aromatic carbocycles. The van der Waals surface area contributed by atoms with Crippen LogP contribution in [-0.2, 0) is 4.79 Å². The van der Waals surface area contributed by atoms with Crippen molar-refractivity contribution in [2.45, 2.75) is 18.9 Å². The summed E-state index contributed by atoms with van der Waals surface area (Å²) < 4.78 is 26.6. The molecule has 1 aliphatic rings. The van der Waals surface area contributed by atoms with Gasteiger partial charge < -0.3 is 10.2 Å². The maximum atomic E-state index is 13.5. The molecule has 1 saturated heterocycles. The zero-order chi connectivity index (χ0) is 17.1. The van der Waals surface area contributed by atoms with Gasteiger partial charge in [0.25, 0.3) is 0 Å². The third kappa shape index (κ3) is 3.28. The molecule has 3 rings (SSSR count). The van der Waals surface area contributed by atoms with Crippen LogP contribution in [0.2, 0.25) is 0 Å². The highest BCUT2D eigenvalue weighted by molar-refractivity contribution is 5.84. The molecule has 2 unspecified atom stereocenters. The van der Waals surface area contributed by atoms with Crippen LogP contribution in [0.4, 0.5) is 8.78 Å². The van der Waals surface area contributed by atoms with Gasteiger partial charge in [-0.3, -0.25) is 9.78 Å². The van der Waals surface area contributed by atoms with Gasteiger partial charge in [-0.2, -0.15) is 0 Å². The Morgan fingerprint density at radius 2 is 2.17 bits per heavy atom. The van der Waals surface area contributed by atoms with Gasteiger partial charge >= 0.3 is 0 Å². The first-order valence-corrected chi connectivity index (χ1v) is 7.94. The Morgan fingerprint density at radius 1 is 1.33 bits per heavy atom. The van der Waals surface area contributed by atoms with Gasteiger partial charge in [-0.15, -0.1) is 0 Å². The normalized spacial score (nSPS) is 19.1. The lowest BCUT2D eigenvalue weighted by Gasteiger charge is -2.38. The molecule has 24 heavy (non-hydrogen) atoms. The molecule has 2 aromatic rings. The molecule has 1 amide bonds. The Labute approximate surface area is 139 Å². The van der Waals surface area contributed by atoms with Gasteiger partial charge in [-0.25, -0.2) is 8.78 Å². The van der Waals surface area contributed by atoms with Crippen molar-refractivity contribution < 1.29 is 13.6 Å². The fraction of sp³-hybridized carbons (Fsp3) is 0.333. The van der Waals surface area contributed by atoms with Gasteiger partial charge in [0.2, 0.25) is 5.91 Å². The summed E-state index contributed by atoms with van der Waals surface area (Å²) in [7, 11) is 0. The molecule has 0 saturated carbocycles. The van der Waals surface area contributed by atoms with E-state index in [9.17, 15) is 13.6 Å². The summed E-state index contributed by atoms with van der Waals surface area (Å²) in [5, 5.41) is 3.28. The van der Waals surface area contributed by atoms with Crippen LogP contribution in [0.15, 0.2) is 42.7 Å². The third-order valence-corrected chi connectivity index (χ3v) is 4.41. The van der Waals surface area contributed by atoms with Crippen LogP contribution in [0.25, 0.3) is 0 Å². The molecule has 1 aromatic heterocycles. The van der Waals surface area contributed by atoms with E-state index in [1.807, 2.05) is 12.1 Å². The number of hydrogen-bond acceptors (Lipinski definition) is 3. The van der Waals surface area contributed by atoms with Crippen LogP contribution >= 0.6 is 0 Å². The van der Waals surface area contributed by atoms with Crippen molar-refractivity contribution in [1.82, 2.24) is 15.2 Å². The van der Waals surface area contributed by atoms with Crippen LogP contribution < -0.4 is 5.32 Å². The highest BCUT2D eigenvalue weighted by Gasteiger charge is 2.31. The van der Waals surface area contributed by atoms with E-state index in [1.54, 1.807) is 24.2 Å². The predicted molar refractivity (Wildman–Crippen MR) is 86.3 cm³/mol. The second-order valence-electron chi connectivity index (χ2n) is 5.93. The molecule has 1 fully saturated rings. The second kappa shape index (κ2) is 7.05. The minimum absolute atomic E-state index is 0.101. The number of piperazine rings is 1. The lowest BCUT2D eigenvalue weighted by molar-refractivity contribution is -0.135. The van der Waals surface area contributed by atoms with E-state index in [-0.39, 0.29) is 11.9 Å². The van der Waals surface area contributed by atoms with Crippen LogP contribution in [0, 0.1) is 11.6 Å². The average molecular weight is 331 g/mol. The van der Waals surface area contributed by atoms with Crippen molar-refractivity contribution in [3.8, 4) is 0 Å². The number of nitrogens with zero attached hydrogens (tertiary/aromatic N) is 2. The summed E-state index contributed by atoms with van der Waals surface area (Å²) >= 11 is 0. The van der Waals surface area contributed by atoms with Gasteiger partial charge in [-0.1, -0.05) is 12.1 Å². The number of pyridine rings is 1. The molecule has 126 valence electrons. The van der Waals surface area contributed by atoms with Gasteiger partial charge in [0.05, 0.1) is 12.0 Å². The second-order valence-corrected chi connectivity index (χ2v) is 5.93. The molecular weight excluding hydrogens is 312 g/mol. The Bertz CT molecular complexity index is 723. The molecular formula is C18H19F2N3O. The molecule has 0 radical (unpaired) electrons. The fourth-order valence-corrected chi connectivity index (χ4v) is 3.01. The van der Waals surface area contributed by atoms with Crippen molar-refractivity contribution in [3.63, 3.8) is 0 Å². The number of hydrogen-bond donors (Lipinski definition) is 1. The van der Waals surface area contributed by atoms with Crippen LogP contribution in [0.5, 0.6) is 0 Å². The van der Waals surface area contributed by atoms with E-state index >= 15 is 0 Å². The summed E-state index contributed by atoms with van der Waals surface area (Å²) in [4.78, 5) is 18.9. The first-order chi connectivity index (χ1) is 11.6. The number of benzene rings is 1. The molecule has 2 heterocycles. The van der Waals surface area contributed by atoms with Gasteiger partial charge in [-0.05, 0) is 36.2 Å². The minimum atomic E-state index is -0.934. The first-order valence-electron chi connectivity index (χ1n) is 7.94. The maximum Gasteiger partial charge on any atom is 0.230 e. The van der Waals surface area contributed by atoms with Crippen molar-refractivity contribution in [1.29, 1.82) is 0 Å². The summed E-state index contributed by atoms with van der Waals surface area (Å²) in [6, 6.07) is 7.28. The summed E-state index contributed by atoms with van der Waals surface area (Å²) in [6.45, 7) is 3.62. The quantitative estimate of drug-likeness (QED) is 0.940. The Balaban J connectivity index is 1.84. The predicted octanol–water partition coefficient (Wildman–Crippen LogP) is 2.64. The lowest BCUT2D eigenvalue weighted by Crippen LogP contribution is -2.49. The monoisotopic (exact) mass is 331 g/mol. The number of carbonyl (C=O) groups excluding carboxylic acids is 1. The molecule has 0 aliphatic carbocycles. The number of aromatic nitrogens is 1. The summed E-state index contributed by atoms with van der Waals surface area (Å²) in [6.07, 6.45) is 3.44. The molecule has 6 heteroatoms. The SMILES string of the molecule is CC(C(=O)N1CCNCC1c1cccnc1)c1ccc(F)c(F)c1. The van der Waals surface area contributed by atoms with Crippen LogP contribution in [0.1, 0.15) is 30.0 Å². The summed E-state index contributed by atoms with van der Waals surface area (Å²) in [5.74, 6) is -2.49. The highest BCUT2D eigenvalue weighted by Crippen LogP contribution is 2.27. The molecule has 0 bridgehead atoms. The highest BCUT2D eigenvalue weighted by atomic mass is 19.2. The van der Waals surface area contributed by atoms with Crippen LogP contribution in [-0.4, -0.2) is 35.4 Å². The largest absolute Gasteiger partial charge is 0.333 e. The van der Waals surface area contributed by atoms with E-state index in [1.165, 1.54) is 6.07 Å². The van der Waals surface area contributed by atoms with E-state index in [0.717, 1.165) is 17.7 Å². The number of carbonyl (C=O) groups is 1. The number of rotatable bonds is 3. The van der Waals surface area contributed by atoms with E-state index in [2.05, 4.69) is 10.3 Å². The molecule has 1 aliphatic heterocycles. The first kappa shape index (κ1) is 16.5. The van der Waals surface area contributed by atoms with Crippen LogP contribution in [0.3, 0.4) is 0 Å². The number of nitrogens with one attached hydrogen (secondary N) is 1. The Kier molecular flexibility index (Phi) is 4.85. The van der Waals surface area contributed by atoms with Crippen molar-refractivity contribution in [2.24, 2.45) is 0 Å². The van der Waals surface area contributed by atoms with E-state index in [0.29, 0.717) is 25.2 Å². The van der Waals surface area contributed by atoms with Crippen molar-refractivity contribution >= 4 is 5.91 Å². The molecule has 2 atom stereocenters. The van der Waals surface area contributed by atoms with E-state index in [4.69, 9.17) is 0 Å². The Hall–Kier alpha value is -2.34. The lowest BCUT2D eigenvalue weighted by atomic mass is 9.96. The molecule has 1 N–H and O–H groups in total. The minimum Gasteiger partial charge on any atom is -0.333 e. The zero-order valence-electron chi connectivity index (χ0n) is 13.4. The summed E-state index contributed by atoms with van der Waals surface area (Å²) in [5.41, 5.74) is 1.43. The third-order valence-electron chi connectivity index (χ3n) is 4.41. The molecule has 0 spiro atoms. The zero-order valence-corrected chi connectivity index (χ0v) is 13.4. The maximum absolute atomic E-state index is 13.5.